The van der Waals surface area contributed by atoms with E-state index in [0.717, 1.165) is 37.9 Å². The van der Waals surface area contributed by atoms with Crippen LogP contribution >= 0.6 is 11.6 Å². The van der Waals surface area contributed by atoms with Crippen LogP contribution in [-0.2, 0) is 6.54 Å². The summed E-state index contributed by atoms with van der Waals surface area (Å²) in [5, 5.41) is 8.75. The Kier molecular flexibility index (Phi) is 4.95. The number of hydrogen-bond donors (Lipinski definition) is 0. The number of pyridine rings is 1. The third kappa shape index (κ3) is 3.61. The lowest BCUT2D eigenvalue weighted by molar-refractivity contribution is 0.118. The maximum Gasteiger partial charge on any atom is 0.250 e. The van der Waals surface area contributed by atoms with Crippen molar-refractivity contribution in [3.63, 3.8) is 0 Å². The molecule has 1 aromatic carbocycles. The van der Waals surface area contributed by atoms with E-state index >= 15 is 0 Å². The molecule has 1 atom stereocenters. The second-order valence-corrected chi connectivity index (χ2v) is 6.78. The van der Waals surface area contributed by atoms with Gasteiger partial charge in [-0.25, -0.2) is 9.37 Å². The van der Waals surface area contributed by atoms with E-state index in [1.807, 2.05) is 6.07 Å². The van der Waals surface area contributed by atoms with Gasteiger partial charge in [0.1, 0.15) is 11.0 Å². The summed E-state index contributed by atoms with van der Waals surface area (Å²) in [5.74, 6) is 0.386. The molecule has 0 N–H and O–H groups in total. The van der Waals surface area contributed by atoms with E-state index in [1.165, 1.54) is 6.07 Å². The van der Waals surface area contributed by atoms with Crippen molar-refractivity contribution in [3.05, 3.63) is 65.0 Å². The lowest BCUT2D eigenvalue weighted by Gasteiger charge is -2.33. The number of nitrogens with zero attached hydrogens (tertiary/aromatic N) is 4. The smallest absolute Gasteiger partial charge is 0.250 e. The first kappa shape index (κ1) is 17.1. The molecule has 0 unspecified atom stereocenters. The average Bonchev–Trinajstić information content (AvgIpc) is 3.14. The maximum absolute atomic E-state index is 14.0. The van der Waals surface area contributed by atoms with Crippen LogP contribution in [0.2, 0.25) is 5.15 Å². The molecule has 2 aromatic heterocycles. The quantitative estimate of drug-likeness (QED) is 0.624. The molecule has 0 amide bonds. The molecular formula is C19H18ClFN4O. The first-order valence-electron chi connectivity index (χ1n) is 8.63. The summed E-state index contributed by atoms with van der Waals surface area (Å²) >= 11 is 5.86. The number of piperidine rings is 1. The molecule has 0 saturated carbocycles. The minimum atomic E-state index is -0.365. The fraction of sp³-hybridized carbons (Fsp3) is 0.316. The Bertz CT molecular complexity index is 883. The van der Waals surface area contributed by atoms with Gasteiger partial charge < -0.3 is 4.42 Å². The Morgan fingerprint density at radius 2 is 2.04 bits per heavy atom. The Morgan fingerprint density at radius 1 is 1.15 bits per heavy atom. The van der Waals surface area contributed by atoms with E-state index in [1.54, 1.807) is 30.5 Å². The number of likely N-dealkylation sites (tertiary alicyclic amines) is 1. The first-order chi connectivity index (χ1) is 12.7. The van der Waals surface area contributed by atoms with E-state index < -0.39 is 0 Å². The van der Waals surface area contributed by atoms with Crippen molar-refractivity contribution < 1.29 is 8.81 Å². The van der Waals surface area contributed by atoms with E-state index in [4.69, 9.17) is 16.0 Å². The first-order valence-corrected chi connectivity index (χ1v) is 9.01. The number of halogens is 2. The molecule has 0 aliphatic carbocycles. The monoisotopic (exact) mass is 372 g/mol. The van der Waals surface area contributed by atoms with Gasteiger partial charge in [-0.05, 0) is 43.1 Å². The van der Waals surface area contributed by atoms with Crippen LogP contribution in [0.25, 0.3) is 11.5 Å². The van der Waals surface area contributed by atoms with Gasteiger partial charge in [-0.2, -0.15) is 0 Å². The van der Waals surface area contributed by atoms with Gasteiger partial charge in [-0.1, -0.05) is 36.2 Å². The topological polar surface area (TPSA) is 55.1 Å². The summed E-state index contributed by atoms with van der Waals surface area (Å²) in [5.41, 5.74) is 1.41. The van der Waals surface area contributed by atoms with Crippen LogP contribution in [0.4, 0.5) is 4.39 Å². The van der Waals surface area contributed by atoms with Crippen molar-refractivity contribution in [3.8, 4) is 11.5 Å². The number of rotatable bonds is 4. The molecule has 4 rings (SSSR count). The zero-order chi connectivity index (χ0) is 17.9. The third-order valence-corrected chi connectivity index (χ3v) is 4.84. The molecule has 1 fully saturated rings. The average molecular weight is 373 g/mol. The van der Waals surface area contributed by atoms with Gasteiger partial charge in [0, 0.05) is 12.7 Å². The molecule has 26 heavy (non-hydrogen) atoms. The molecular weight excluding hydrogens is 355 g/mol. The highest BCUT2D eigenvalue weighted by Crippen LogP contribution is 2.33. The Hall–Kier alpha value is -2.31. The van der Waals surface area contributed by atoms with Crippen molar-refractivity contribution in [1.29, 1.82) is 0 Å². The largest absolute Gasteiger partial charge is 0.419 e. The molecule has 0 radical (unpaired) electrons. The normalized spacial score (nSPS) is 18.2. The number of aromatic nitrogens is 3. The highest BCUT2D eigenvalue weighted by atomic mass is 35.5. The number of hydrogen-bond acceptors (Lipinski definition) is 5. The minimum absolute atomic E-state index is 0.0208. The Labute approximate surface area is 155 Å². The van der Waals surface area contributed by atoms with Crippen LogP contribution in [0.1, 0.15) is 36.8 Å². The predicted octanol–water partition coefficient (Wildman–Crippen LogP) is 4.65. The Morgan fingerprint density at radius 3 is 2.85 bits per heavy atom. The molecule has 3 aromatic rings. The lowest BCUT2D eigenvalue weighted by Crippen LogP contribution is -2.33. The van der Waals surface area contributed by atoms with Gasteiger partial charge in [0.25, 0.3) is 5.89 Å². The highest BCUT2D eigenvalue weighted by molar-refractivity contribution is 6.29. The predicted molar refractivity (Wildman–Crippen MR) is 95.9 cm³/mol. The molecule has 1 saturated heterocycles. The van der Waals surface area contributed by atoms with Crippen LogP contribution in [-0.4, -0.2) is 26.6 Å². The highest BCUT2D eigenvalue weighted by Gasteiger charge is 2.29. The SMILES string of the molecule is Fc1ccccc1-c1nnc([C@@H]2CCCCN2Cc2ccc(Cl)nc2)o1. The standard InChI is InChI=1S/C19H18ClFN4O/c20-17-9-8-13(11-22-17)12-25-10-4-3-7-16(25)19-24-23-18(26-19)14-5-1-2-6-15(14)21/h1-2,5-6,8-9,11,16H,3-4,7,10,12H2/t16-/m0/s1. The van der Waals surface area contributed by atoms with Crippen LogP contribution < -0.4 is 0 Å². The van der Waals surface area contributed by atoms with Gasteiger partial charge in [0.05, 0.1) is 11.6 Å². The summed E-state index contributed by atoms with van der Waals surface area (Å²) < 4.78 is 19.8. The summed E-state index contributed by atoms with van der Waals surface area (Å²) in [4.78, 5) is 6.44. The van der Waals surface area contributed by atoms with Gasteiger partial charge >= 0.3 is 0 Å². The lowest BCUT2D eigenvalue weighted by atomic mass is 10.0. The van der Waals surface area contributed by atoms with Crippen molar-refractivity contribution >= 4 is 11.6 Å². The van der Waals surface area contributed by atoms with Crippen molar-refractivity contribution in [2.45, 2.75) is 31.8 Å². The van der Waals surface area contributed by atoms with E-state index in [2.05, 4.69) is 20.1 Å². The zero-order valence-electron chi connectivity index (χ0n) is 14.1. The number of benzene rings is 1. The molecule has 0 spiro atoms. The van der Waals surface area contributed by atoms with Crippen molar-refractivity contribution in [1.82, 2.24) is 20.1 Å². The van der Waals surface area contributed by atoms with Gasteiger partial charge in [-0.3, -0.25) is 4.90 Å². The fourth-order valence-electron chi connectivity index (χ4n) is 3.31. The third-order valence-electron chi connectivity index (χ3n) is 4.62. The molecule has 3 heterocycles. The van der Waals surface area contributed by atoms with E-state index in [9.17, 15) is 4.39 Å². The van der Waals surface area contributed by atoms with Crippen LogP contribution in [0.5, 0.6) is 0 Å². The summed E-state index contributed by atoms with van der Waals surface area (Å²) in [6, 6.07) is 10.2. The minimum Gasteiger partial charge on any atom is -0.419 e. The summed E-state index contributed by atoms with van der Waals surface area (Å²) in [7, 11) is 0. The van der Waals surface area contributed by atoms with Crippen molar-refractivity contribution in [2.75, 3.05) is 6.54 Å². The van der Waals surface area contributed by atoms with Gasteiger partial charge in [-0.15, -0.1) is 10.2 Å². The van der Waals surface area contributed by atoms with Crippen LogP contribution in [0, 0.1) is 5.82 Å². The van der Waals surface area contributed by atoms with Crippen molar-refractivity contribution in [2.24, 2.45) is 0 Å². The second-order valence-electron chi connectivity index (χ2n) is 6.40. The Balaban J connectivity index is 1.57. The molecule has 1 aliphatic heterocycles. The molecule has 5 nitrogen and oxygen atoms in total. The van der Waals surface area contributed by atoms with Crippen LogP contribution in [0.3, 0.4) is 0 Å². The molecule has 7 heteroatoms. The van der Waals surface area contributed by atoms with Gasteiger partial charge in [0.2, 0.25) is 5.89 Å². The fourth-order valence-corrected chi connectivity index (χ4v) is 3.42. The zero-order valence-corrected chi connectivity index (χ0v) is 14.9. The van der Waals surface area contributed by atoms with E-state index in [0.29, 0.717) is 16.6 Å². The van der Waals surface area contributed by atoms with Gasteiger partial charge in [0.15, 0.2) is 0 Å². The second kappa shape index (κ2) is 7.51. The maximum atomic E-state index is 14.0. The molecule has 1 aliphatic rings. The van der Waals surface area contributed by atoms with E-state index in [-0.39, 0.29) is 17.7 Å². The molecule has 0 bridgehead atoms. The molecule has 134 valence electrons. The summed E-state index contributed by atoms with van der Waals surface area (Å²) in [6.45, 7) is 1.66. The van der Waals surface area contributed by atoms with Crippen LogP contribution in [0.15, 0.2) is 47.0 Å². The summed E-state index contributed by atoms with van der Waals surface area (Å²) in [6.07, 6.45) is 4.93.